The lowest BCUT2D eigenvalue weighted by atomic mass is 9.91. The predicted molar refractivity (Wildman–Crippen MR) is 132 cm³/mol. The van der Waals surface area contributed by atoms with Gasteiger partial charge >= 0.3 is 0 Å². The van der Waals surface area contributed by atoms with Crippen molar-refractivity contribution in [2.45, 2.75) is 49.0 Å². The van der Waals surface area contributed by atoms with Gasteiger partial charge < -0.3 is 35.0 Å². The number of aliphatic hydroxyl groups excluding tert-OH is 3. The molecule has 2 aromatic carbocycles. The van der Waals surface area contributed by atoms with Gasteiger partial charge in [0, 0.05) is 30.4 Å². The molecular weight excluding hydrogens is 497 g/mol. The normalized spacial score (nSPS) is 30.7. The standard InChI is InChI=1S/C26H28FN5O6/c27-15-3-1-2-14(8-15)20-12-32(29-28-20)22-23(35)21(13-33)38-25(24(22)36)26(37)31-11-17-9-18(31)10-30(17)16-4-6-19(34)7-5-16/h1-8,12,17-18,21-25,33-36H,9-11,13H2/t17-,18-,21+,22-,23-,24+,25+/m0/s1. The zero-order valence-electron chi connectivity index (χ0n) is 20.3. The van der Waals surface area contributed by atoms with E-state index in [-0.39, 0.29) is 17.8 Å². The van der Waals surface area contributed by atoms with Crippen LogP contribution < -0.4 is 4.90 Å². The van der Waals surface area contributed by atoms with Crippen molar-refractivity contribution in [2.75, 3.05) is 24.6 Å². The summed E-state index contributed by atoms with van der Waals surface area (Å²) in [6.45, 7) is 0.459. The number of carbonyl (C=O) groups is 1. The molecule has 200 valence electrons. The summed E-state index contributed by atoms with van der Waals surface area (Å²) in [5, 5.41) is 49.7. The van der Waals surface area contributed by atoms with Crippen LogP contribution in [0.2, 0.25) is 0 Å². The molecular formula is C26H28FN5O6. The highest BCUT2D eigenvalue weighted by Gasteiger charge is 2.53. The van der Waals surface area contributed by atoms with Gasteiger partial charge in [0.2, 0.25) is 0 Å². The van der Waals surface area contributed by atoms with Crippen LogP contribution in [0.4, 0.5) is 10.1 Å². The van der Waals surface area contributed by atoms with E-state index in [2.05, 4.69) is 15.2 Å². The fourth-order valence-corrected chi connectivity index (χ4v) is 5.88. The largest absolute Gasteiger partial charge is 0.508 e. The molecule has 2 bridgehead atoms. The Kier molecular flexibility index (Phi) is 6.26. The first-order chi connectivity index (χ1) is 18.3. The van der Waals surface area contributed by atoms with E-state index in [4.69, 9.17) is 4.74 Å². The minimum atomic E-state index is -1.48. The van der Waals surface area contributed by atoms with E-state index in [1.807, 2.05) is 12.1 Å². The number of hydrogen-bond acceptors (Lipinski definition) is 9. The van der Waals surface area contributed by atoms with E-state index in [1.165, 1.54) is 29.1 Å². The van der Waals surface area contributed by atoms with Gasteiger partial charge in [-0.15, -0.1) is 5.10 Å². The number of aliphatic hydroxyl groups is 3. The number of carbonyl (C=O) groups excluding carboxylic acids is 1. The van der Waals surface area contributed by atoms with E-state index in [0.717, 1.165) is 12.1 Å². The van der Waals surface area contributed by atoms with Crippen molar-refractivity contribution in [3.63, 3.8) is 0 Å². The van der Waals surface area contributed by atoms with E-state index >= 15 is 0 Å². The Morgan fingerprint density at radius 1 is 1.08 bits per heavy atom. The van der Waals surface area contributed by atoms with Crippen molar-refractivity contribution < 1.29 is 34.3 Å². The molecule has 0 saturated carbocycles. The molecule has 1 aromatic heterocycles. The number of phenols is 1. The van der Waals surface area contributed by atoms with Crippen LogP contribution >= 0.6 is 0 Å². The number of benzene rings is 2. The number of anilines is 1. The van der Waals surface area contributed by atoms with Gasteiger partial charge in [-0.05, 0) is 42.8 Å². The molecule has 3 aliphatic heterocycles. The molecule has 3 fully saturated rings. The van der Waals surface area contributed by atoms with Crippen molar-refractivity contribution in [1.29, 1.82) is 0 Å². The molecule has 4 N–H and O–H groups in total. The Morgan fingerprint density at radius 2 is 1.87 bits per heavy atom. The number of halogens is 1. The first-order valence-corrected chi connectivity index (χ1v) is 12.5. The van der Waals surface area contributed by atoms with Crippen LogP contribution in [0.1, 0.15) is 12.5 Å². The molecule has 4 heterocycles. The van der Waals surface area contributed by atoms with Gasteiger partial charge in [0.15, 0.2) is 6.10 Å². The van der Waals surface area contributed by atoms with Gasteiger partial charge in [-0.3, -0.25) is 4.79 Å². The minimum absolute atomic E-state index is 0.0772. The molecule has 3 aliphatic rings. The van der Waals surface area contributed by atoms with Gasteiger partial charge in [0.25, 0.3) is 5.91 Å². The molecule has 6 rings (SSSR count). The monoisotopic (exact) mass is 525 g/mol. The summed E-state index contributed by atoms with van der Waals surface area (Å²) >= 11 is 0. The summed E-state index contributed by atoms with van der Waals surface area (Å²) in [4.78, 5) is 17.5. The first-order valence-electron chi connectivity index (χ1n) is 12.5. The fraction of sp³-hybridized carbons (Fsp3) is 0.423. The topological polar surface area (TPSA) is 144 Å². The fourth-order valence-electron chi connectivity index (χ4n) is 5.88. The van der Waals surface area contributed by atoms with E-state index < -0.39 is 48.8 Å². The summed E-state index contributed by atoms with van der Waals surface area (Å²) in [6, 6.07) is 11.6. The first kappa shape index (κ1) is 24.7. The third-order valence-corrected chi connectivity index (χ3v) is 7.78. The zero-order valence-corrected chi connectivity index (χ0v) is 20.3. The van der Waals surface area contributed by atoms with Crippen LogP contribution in [-0.4, -0.2) is 102 Å². The number of ether oxygens (including phenoxy) is 1. The molecule has 11 nitrogen and oxygen atoms in total. The molecule has 0 aliphatic carbocycles. The lowest BCUT2D eigenvalue weighted by Gasteiger charge is -2.44. The summed E-state index contributed by atoms with van der Waals surface area (Å²) in [6.07, 6.45) is -3.10. The van der Waals surface area contributed by atoms with Crippen molar-refractivity contribution in [1.82, 2.24) is 19.9 Å². The van der Waals surface area contributed by atoms with Crippen molar-refractivity contribution in [3.8, 4) is 17.0 Å². The maximum Gasteiger partial charge on any atom is 0.254 e. The molecule has 12 heteroatoms. The van der Waals surface area contributed by atoms with Gasteiger partial charge in [-0.25, -0.2) is 9.07 Å². The zero-order chi connectivity index (χ0) is 26.6. The number of aromatic nitrogens is 3. The average molecular weight is 526 g/mol. The molecule has 0 unspecified atom stereocenters. The summed E-state index contributed by atoms with van der Waals surface area (Å²) in [7, 11) is 0. The highest BCUT2D eigenvalue weighted by atomic mass is 19.1. The van der Waals surface area contributed by atoms with Crippen LogP contribution in [0.5, 0.6) is 5.75 Å². The van der Waals surface area contributed by atoms with Crippen LogP contribution in [-0.2, 0) is 9.53 Å². The second kappa shape index (κ2) is 9.62. The second-order valence-electron chi connectivity index (χ2n) is 10.0. The lowest BCUT2D eigenvalue weighted by Crippen LogP contribution is -2.62. The Hall–Kier alpha value is -3.58. The number of aromatic hydroxyl groups is 1. The maximum absolute atomic E-state index is 13.7. The average Bonchev–Trinajstić information content (AvgIpc) is 3.66. The Balaban J connectivity index is 1.21. The molecule has 1 amide bonds. The highest BCUT2D eigenvalue weighted by molar-refractivity contribution is 5.83. The number of rotatable bonds is 5. The van der Waals surface area contributed by atoms with Crippen LogP contribution in [0.3, 0.4) is 0 Å². The van der Waals surface area contributed by atoms with E-state index in [0.29, 0.717) is 24.3 Å². The quantitative estimate of drug-likeness (QED) is 0.370. The van der Waals surface area contributed by atoms with E-state index in [9.17, 15) is 29.6 Å². The molecule has 0 radical (unpaired) electrons. The predicted octanol–water partition coefficient (Wildman–Crippen LogP) is 0.302. The van der Waals surface area contributed by atoms with Crippen LogP contribution in [0, 0.1) is 5.82 Å². The SMILES string of the molecule is O=C([C@@H]1O[C@H](CO)[C@H](O)[C@H](n2cc(-c3cccc(F)c3)nn2)[C@H]1O)N1C[C@@H]2C[C@H]1CN2c1ccc(O)cc1. The third-order valence-electron chi connectivity index (χ3n) is 7.78. The summed E-state index contributed by atoms with van der Waals surface area (Å²) in [5.41, 5.74) is 1.75. The maximum atomic E-state index is 13.7. The van der Waals surface area contributed by atoms with Crippen molar-refractivity contribution >= 4 is 11.6 Å². The van der Waals surface area contributed by atoms with Crippen LogP contribution in [0.25, 0.3) is 11.3 Å². The number of likely N-dealkylation sites (tertiary alicyclic amines) is 1. The number of hydrogen-bond donors (Lipinski definition) is 4. The Bertz CT molecular complexity index is 1320. The number of fused-ring (bicyclic) bond motifs is 2. The molecule has 7 atom stereocenters. The second-order valence-corrected chi connectivity index (χ2v) is 10.0. The van der Waals surface area contributed by atoms with Crippen LogP contribution in [0.15, 0.2) is 54.7 Å². The van der Waals surface area contributed by atoms with E-state index in [1.54, 1.807) is 23.1 Å². The molecule has 3 aromatic rings. The Labute approximate surface area is 217 Å². The van der Waals surface area contributed by atoms with Gasteiger partial charge in [-0.2, -0.15) is 0 Å². The third kappa shape index (κ3) is 4.19. The number of nitrogens with zero attached hydrogens (tertiary/aromatic N) is 5. The lowest BCUT2D eigenvalue weighted by molar-refractivity contribution is -0.212. The number of amides is 1. The van der Waals surface area contributed by atoms with Crippen molar-refractivity contribution in [3.05, 3.63) is 60.5 Å². The Morgan fingerprint density at radius 3 is 2.55 bits per heavy atom. The minimum Gasteiger partial charge on any atom is -0.508 e. The summed E-state index contributed by atoms with van der Waals surface area (Å²) < 4.78 is 20.7. The highest BCUT2D eigenvalue weighted by Crippen LogP contribution is 2.38. The van der Waals surface area contributed by atoms with Gasteiger partial charge in [0.05, 0.1) is 18.8 Å². The molecule has 0 spiro atoms. The number of piperazine rings is 1. The molecule has 38 heavy (non-hydrogen) atoms. The molecule has 3 saturated heterocycles. The number of phenolic OH excluding ortho intramolecular Hbond substituents is 1. The van der Waals surface area contributed by atoms with Gasteiger partial charge in [0.1, 0.15) is 41.6 Å². The smallest absolute Gasteiger partial charge is 0.254 e. The van der Waals surface area contributed by atoms with Crippen molar-refractivity contribution in [2.24, 2.45) is 0 Å². The summed E-state index contributed by atoms with van der Waals surface area (Å²) in [5.74, 6) is -0.682. The van der Waals surface area contributed by atoms with Gasteiger partial charge in [-0.1, -0.05) is 17.3 Å².